The highest BCUT2D eigenvalue weighted by molar-refractivity contribution is 5.99. The molecule has 18 heavy (non-hydrogen) atoms. The number of hydrogen-bond acceptors (Lipinski definition) is 2. The van der Waals surface area contributed by atoms with Crippen LogP contribution in [0.4, 0.5) is 5.69 Å². The monoisotopic (exact) mass is 246 g/mol. The first-order chi connectivity index (χ1) is 8.52. The molecule has 2 unspecified atom stereocenters. The lowest BCUT2D eigenvalue weighted by Crippen LogP contribution is -2.46. The number of amides is 1. The van der Waals surface area contributed by atoms with Gasteiger partial charge < -0.3 is 10.6 Å². The number of nitrogens with two attached hydrogens (primary N) is 1. The van der Waals surface area contributed by atoms with Crippen molar-refractivity contribution in [3.05, 3.63) is 29.3 Å². The Morgan fingerprint density at radius 1 is 1.39 bits per heavy atom. The molecule has 98 valence electrons. The van der Waals surface area contributed by atoms with Gasteiger partial charge in [0.05, 0.1) is 5.56 Å². The second-order valence-electron chi connectivity index (χ2n) is 5.39. The molecule has 3 heteroatoms. The minimum Gasteiger partial charge on any atom is -0.398 e. The number of carbonyl (C=O) groups is 1. The molecule has 0 saturated carbocycles. The first-order valence-corrected chi connectivity index (χ1v) is 6.68. The first kappa shape index (κ1) is 12.9. The number of likely N-dealkylation sites (tertiary alicyclic amines) is 1. The average molecular weight is 246 g/mol. The lowest BCUT2D eigenvalue weighted by molar-refractivity contribution is 0.0552. The number of aryl methyl sites for hydroxylation is 1. The summed E-state index contributed by atoms with van der Waals surface area (Å²) >= 11 is 0. The zero-order valence-corrected chi connectivity index (χ0v) is 11.4. The molecular formula is C15H22N2O. The third-order valence-electron chi connectivity index (χ3n) is 4.19. The maximum Gasteiger partial charge on any atom is 0.256 e. The van der Waals surface area contributed by atoms with E-state index in [1.54, 1.807) is 0 Å². The quantitative estimate of drug-likeness (QED) is 0.774. The zero-order chi connectivity index (χ0) is 13.3. The molecule has 1 heterocycles. The van der Waals surface area contributed by atoms with Crippen LogP contribution in [0.5, 0.6) is 0 Å². The summed E-state index contributed by atoms with van der Waals surface area (Å²) in [6, 6.07) is 5.97. The number of piperidine rings is 1. The minimum absolute atomic E-state index is 0.0789. The summed E-state index contributed by atoms with van der Waals surface area (Å²) < 4.78 is 0. The second kappa shape index (κ2) is 5.01. The van der Waals surface area contributed by atoms with Gasteiger partial charge in [-0.3, -0.25) is 4.79 Å². The molecule has 1 saturated heterocycles. The van der Waals surface area contributed by atoms with Crippen LogP contribution >= 0.6 is 0 Å². The number of nitrogen functional groups attached to an aromatic ring is 1. The molecule has 2 N–H and O–H groups in total. The highest BCUT2D eigenvalue weighted by atomic mass is 16.2. The van der Waals surface area contributed by atoms with Crippen molar-refractivity contribution in [2.45, 2.75) is 39.7 Å². The standard InChI is InChI=1S/C15H22N2O/c1-10-7-5-9-17(12(10)3)15(18)13-8-4-6-11(2)14(13)16/h4,6,8,10,12H,5,7,9,16H2,1-3H3. The van der Waals surface area contributed by atoms with Gasteiger partial charge in [-0.25, -0.2) is 0 Å². The predicted octanol–water partition coefficient (Wildman–Crippen LogP) is 2.84. The molecule has 0 aromatic heterocycles. The number of rotatable bonds is 1. The number of benzene rings is 1. The van der Waals surface area contributed by atoms with Crippen molar-refractivity contribution >= 4 is 11.6 Å². The summed E-state index contributed by atoms with van der Waals surface area (Å²) in [5.74, 6) is 0.643. The highest BCUT2D eigenvalue weighted by Crippen LogP contribution is 2.26. The van der Waals surface area contributed by atoms with Gasteiger partial charge in [-0.2, -0.15) is 0 Å². The molecule has 1 aromatic rings. The van der Waals surface area contributed by atoms with Gasteiger partial charge in [0, 0.05) is 18.3 Å². The van der Waals surface area contributed by atoms with E-state index in [0.717, 1.165) is 18.5 Å². The Morgan fingerprint density at radius 2 is 2.11 bits per heavy atom. The number of para-hydroxylation sites is 1. The lowest BCUT2D eigenvalue weighted by atomic mass is 9.91. The van der Waals surface area contributed by atoms with Gasteiger partial charge in [0.2, 0.25) is 0 Å². The van der Waals surface area contributed by atoms with Crippen LogP contribution in [-0.4, -0.2) is 23.4 Å². The molecule has 3 nitrogen and oxygen atoms in total. The van der Waals surface area contributed by atoms with E-state index in [4.69, 9.17) is 5.73 Å². The van der Waals surface area contributed by atoms with Crippen molar-refractivity contribution < 1.29 is 4.79 Å². The molecule has 0 aliphatic carbocycles. The number of anilines is 1. The SMILES string of the molecule is Cc1cccc(C(=O)N2CCCC(C)C2C)c1N. The van der Waals surface area contributed by atoms with E-state index in [9.17, 15) is 4.79 Å². The van der Waals surface area contributed by atoms with Gasteiger partial charge in [0.1, 0.15) is 0 Å². The Morgan fingerprint density at radius 3 is 2.83 bits per heavy atom. The van der Waals surface area contributed by atoms with E-state index in [-0.39, 0.29) is 5.91 Å². The molecule has 0 spiro atoms. The van der Waals surface area contributed by atoms with Crippen molar-refractivity contribution in [1.29, 1.82) is 0 Å². The largest absolute Gasteiger partial charge is 0.398 e. The highest BCUT2D eigenvalue weighted by Gasteiger charge is 2.29. The first-order valence-electron chi connectivity index (χ1n) is 6.68. The molecule has 1 aliphatic rings. The van der Waals surface area contributed by atoms with E-state index in [1.165, 1.54) is 6.42 Å². The maximum atomic E-state index is 12.6. The van der Waals surface area contributed by atoms with E-state index in [2.05, 4.69) is 13.8 Å². The Bertz CT molecular complexity index is 456. The van der Waals surface area contributed by atoms with Crippen LogP contribution in [0.3, 0.4) is 0 Å². The molecule has 2 rings (SSSR count). The normalized spacial score (nSPS) is 24.1. The molecule has 1 aliphatic heterocycles. The van der Waals surface area contributed by atoms with Gasteiger partial charge in [-0.1, -0.05) is 19.1 Å². The van der Waals surface area contributed by atoms with Crippen LogP contribution in [0.25, 0.3) is 0 Å². The van der Waals surface area contributed by atoms with Crippen molar-refractivity contribution in [2.24, 2.45) is 5.92 Å². The van der Waals surface area contributed by atoms with Crippen LogP contribution in [0.2, 0.25) is 0 Å². The van der Waals surface area contributed by atoms with Crippen LogP contribution in [0, 0.1) is 12.8 Å². The second-order valence-corrected chi connectivity index (χ2v) is 5.39. The molecule has 0 bridgehead atoms. The third-order valence-corrected chi connectivity index (χ3v) is 4.19. The van der Waals surface area contributed by atoms with Crippen molar-refractivity contribution in [3.8, 4) is 0 Å². The van der Waals surface area contributed by atoms with Gasteiger partial charge in [0.15, 0.2) is 0 Å². The molecular weight excluding hydrogens is 224 g/mol. The maximum absolute atomic E-state index is 12.6. The smallest absolute Gasteiger partial charge is 0.256 e. The Labute approximate surface area is 109 Å². The van der Waals surface area contributed by atoms with Crippen molar-refractivity contribution in [1.82, 2.24) is 4.90 Å². The fraction of sp³-hybridized carbons (Fsp3) is 0.533. The molecule has 0 radical (unpaired) electrons. The summed E-state index contributed by atoms with van der Waals surface area (Å²) in [4.78, 5) is 14.5. The van der Waals surface area contributed by atoms with Crippen molar-refractivity contribution in [2.75, 3.05) is 12.3 Å². The molecule has 1 fully saturated rings. The van der Waals surface area contributed by atoms with Crippen LogP contribution < -0.4 is 5.73 Å². The fourth-order valence-electron chi connectivity index (χ4n) is 2.64. The topological polar surface area (TPSA) is 46.3 Å². The molecule has 1 aromatic carbocycles. The summed E-state index contributed by atoms with van der Waals surface area (Å²) in [6.07, 6.45) is 2.29. The fourth-order valence-corrected chi connectivity index (χ4v) is 2.64. The molecule has 1 amide bonds. The Kier molecular flexibility index (Phi) is 3.60. The number of hydrogen-bond donors (Lipinski definition) is 1. The molecule has 2 atom stereocenters. The van der Waals surface area contributed by atoms with Gasteiger partial charge >= 0.3 is 0 Å². The summed E-state index contributed by atoms with van der Waals surface area (Å²) in [5, 5.41) is 0. The number of nitrogens with zero attached hydrogens (tertiary/aromatic N) is 1. The lowest BCUT2D eigenvalue weighted by Gasteiger charge is -2.38. The van der Waals surface area contributed by atoms with Crippen LogP contribution in [0.15, 0.2) is 18.2 Å². The predicted molar refractivity (Wildman–Crippen MR) is 74.5 cm³/mol. The Hall–Kier alpha value is -1.51. The van der Waals surface area contributed by atoms with E-state index in [0.29, 0.717) is 23.2 Å². The summed E-state index contributed by atoms with van der Waals surface area (Å²) in [5.41, 5.74) is 8.26. The van der Waals surface area contributed by atoms with Crippen molar-refractivity contribution in [3.63, 3.8) is 0 Å². The van der Waals surface area contributed by atoms with Gasteiger partial charge in [0.25, 0.3) is 5.91 Å². The average Bonchev–Trinajstić information content (AvgIpc) is 2.35. The zero-order valence-electron chi connectivity index (χ0n) is 11.4. The van der Waals surface area contributed by atoms with Crippen LogP contribution in [0.1, 0.15) is 42.6 Å². The van der Waals surface area contributed by atoms with E-state index < -0.39 is 0 Å². The third kappa shape index (κ3) is 2.22. The minimum atomic E-state index is 0.0789. The Balaban J connectivity index is 2.28. The van der Waals surface area contributed by atoms with Gasteiger partial charge in [-0.05, 0) is 44.2 Å². The summed E-state index contributed by atoms with van der Waals surface area (Å²) in [6.45, 7) is 7.13. The van der Waals surface area contributed by atoms with E-state index >= 15 is 0 Å². The van der Waals surface area contributed by atoms with Gasteiger partial charge in [-0.15, -0.1) is 0 Å². The van der Waals surface area contributed by atoms with E-state index in [1.807, 2.05) is 30.0 Å². The number of carbonyl (C=O) groups excluding carboxylic acids is 1. The summed E-state index contributed by atoms with van der Waals surface area (Å²) in [7, 11) is 0. The van der Waals surface area contributed by atoms with Crippen LogP contribution in [-0.2, 0) is 0 Å².